The highest BCUT2D eigenvalue weighted by Crippen LogP contribution is 2.40. The average Bonchev–Trinajstić information content (AvgIpc) is 3.43. The van der Waals surface area contributed by atoms with E-state index >= 15 is 0 Å². The molecule has 1 aliphatic rings. The summed E-state index contributed by atoms with van der Waals surface area (Å²) in [5.74, 6) is -0.431. The maximum atomic E-state index is 12.3. The number of hydrogen-bond donors (Lipinski definition) is 2. The lowest BCUT2D eigenvalue weighted by atomic mass is 10.1. The Morgan fingerprint density at radius 3 is 2.12 bits per heavy atom. The van der Waals surface area contributed by atoms with Crippen molar-refractivity contribution < 1.29 is 19.1 Å². The molecule has 1 fully saturated rings. The van der Waals surface area contributed by atoms with E-state index in [0.717, 1.165) is 0 Å². The lowest BCUT2D eigenvalue weighted by molar-refractivity contribution is -0.122. The Bertz CT molecular complexity index is 845. The minimum Gasteiger partial charge on any atom is -0.497 e. The molecular formula is C20H20N2O4. The van der Waals surface area contributed by atoms with Gasteiger partial charge in [-0.1, -0.05) is 12.1 Å². The summed E-state index contributed by atoms with van der Waals surface area (Å²) in [7, 11) is 1.58. The number of Topliss-reactive ketones (excluding diaryl/α,β-unsaturated/α-hetero) is 1. The normalized spacial score (nSPS) is 17.9. The smallest absolute Gasteiger partial charge is 0.228 e. The summed E-state index contributed by atoms with van der Waals surface area (Å²) in [4.78, 5) is 36.0. The summed E-state index contributed by atoms with van der Waals surface area (Å²) in [6.07, 6.45) is 0.514. The minimum absolute atomic E-state index is 0.0655. The standard InChI is InChI=1S/C20H20N2O4/c1-12(23)13-4-3-5-15(10-13)22-20(25)18-11-17(18)19(24)21-14-6-8-16(26-2)9-7-14/h3-10,17-18H,11H2,1-2H3,(H,21,24)(H,22,25). The van der Waals surface area contributed by atoms with Crippen molar-refractivity contribution in [2.75, 3.05) is 17.7 Å². The van der Waals surface area contributed by atoms with Gasteiger partial charge in [-0.15, -0.1) is 0 Å². The summed E-state index contributed by atoms with van der Waals surface area (Å²) in [5.41, 5.74) is 1.76. The Morgan fingerprint density at radius 2 is 1.54 bits per heavy atom. The largest absolute Gasteiger partial charge is 0.497 e. The van der Waals surface area contributed by atoms with E-state index in [1.54, 1.807) is 55.6 Å². The molecule has 2 atom stereocenters. The molecular weight excluding hydrogens is 332 g/mol. The number of benzene rings is 2. The highest BCUT2D eigenvalue weighted by molar-refractivity contribution is 6.04. The Hall–Kier alpha value is -3.15. The molecule has 2 aromatic carbocycles. The van der Waals surface area contributed by atoms with Crippen LogP contribution in [-0.4, -0.2) is 24.7 Å². The molecule has 1 aliphatic carbocycles. The Kier molecular flexibility index (Phi) is 5.02. The number of ether oxygens (including phenoxy) is 1. The van der Waals surface area contributed by atoms with Crippen LogP contribution in [-0.2, 0) is 9.59 Å². The molecule has 2 amide bonds. The van der Waals surface area contributed by atoms with E-state index in [0.29, 0.717) is 29.1 Å². The van der Waals surface area contributed by atoms with Crippen LogP contribution in [0.2, 0.25) is 0 Å². The van der Waals surface area contributed by atoms with Gasteiger partial charge in [0.2, 0.25) is 11.8 Å². The van der Waals surface area contributed by atoms with Crippen molar-refractivity contribution in [1.82, 2.24) is 0 Å². The van der Waals surface area contributed by atoms with Crippen LogP contribution in [0.1, 0.15) is 23.7 Å². The fourth-order valence-corrected chi connectivity index (χ4v) is 2.73. The Morgan fingerprint density at radius 1 is 0.923 bits per heavy atom. The fourth-order valence-electron chi connectivity index (χ4n) is 2.73. The molecule has 0 bridgehead atoms. The monoisotopic (exact) mass is 352 g/mol. The lowest BCUT2D eigenvalue weighted by Crippen LogP contribution is -2.20. The molecule has 0 aromatic heterocycles. The SMILES string of the molecule is COc1ccc(NC(=O)C2CC2C(=O)Nc2cccc(C(C)=O)c2)cc1. The van der Waals surface area contributed by atoms with Gasteiger partial charge in [-0.2, -0.15) is 0 Å². The van der Waals surface area contributed by atoms with Gasteiger partial charge in [0, 0.05) is 16.9 Å². The summed E-state index contributed by atoms with van der Waals surface area (Å²) in [6, 6.07) is 13.8. The van der Waals surface area contributed by atoms with E-state index in [9.17, 15) is 14.4 Å². The second-order valence-electron chi connectivity index (χ2n) is 6.29. The van der Waals surface area contributed by atoms with Crippen molar-refractivity contribution in [3.05, 3.63) is 54.1 Å². The maximum Gasteiger partial charge on any atom is 0.228 e. The molecule has 0 heterocycles. The molecule has 134 valence electrons. The van der Waals surface area contributed by atoms with Crippen LogP contribution in [0.5, 0.6) is 5.75 Å². The zero-order valence-corrected chi connectivity index (χ0v) is 14.6. The van der Waals surface area contributed by atoms with E-state index in [1.165, 1.54) is 6.92 Å². The van der Waals surface area contributed by atoms with Crippen LogP contribution < -0.4 is 15.4 Å². The number of hydrogen-bond acceptors (Lipinski definition) is 4. The molecule has 2 unspecified atom stereocenters. The van der Waals surface area contributed by atoms with Crippen molar-refractivity contribution in [2.24, 2.45) is 11.8 Å². The van der Waals surface area contributed by atoms with Crippen molar-refractivity contribution >= 4 is 29.0 Å². The highest BCUT2D eigenvalue weighted by atomic mass is 16.5. The fraction of sp³-hybridized carbons (Fsp3) is 0.250. The van der Waals surface area contributed by atoms with Crippen molar-refractivity contribution in [3.63, 3.8) is 0 Å². The van der Waals surface area contributed by atoms with E-state index in [2.05, 4.69) is 10.6 Å². The average molecular weight is 352 g/mol. The third-order valence-corrected chi connectivity index (χ3v) is 4.36. The van der Waals surface area contributed by atoms with Gasteiger partial charge >= 0.3 is 0 Å². The zero-order chi connectivity index (χ0) is 18.7. The van der Waals surface area contributed by atoms with Crippen LogP contribution in [0.3, 0.4) is 0 Å². The highest BCUT2D eigenvalue weighted by Gasteiger charge is 2.48. The molecule has 0 saturated heterocycles. The number of methoxy groups -OCH3 is 1. The predicted octanol–water partition coefficient (Wildman–Crippen LogP) is 3.11. The number of nitrogens with one attached hydrogen (secondary N) is 2. The van der Waals surface area contributed by atoms with Gasteiger partial charge in [-0.25, -0.2) is 0 Å². The zero-order valence-electron chi connectivity index (χ0n) is 14.6. The molecule has 6 heteroatoms. The first-order valence-electron chi connectivity index (χ1n) is 8.34. The summed E-state index contributed by atoms with van der Waals surface area (Å²) < 4.78 is 5.08. The quantitative estimate of drug-likeness (QED) is 0.783. The molecule has 1 saturated carbocycles. The van der Waals surface area contributed by atoms with E-state index in [1.807, 2.05) is 0 Å². The molecule has 0 aliphatic heterocycles. The number of carbonyl (C=O) groups is 3. The second-order valence-corrected chi connectivity index (χ2v) is 6.29. The molecule has 3 rings (SSSR count). The van der Waals surface area contributed by atoms with Gasteiger partial charge in [0.1, 0.15) is 5.75 Å². The Labute approximate surface area is 151 Å². The van der Waals surface area contributed by atoms with Gasteiger partial charge < -0.3 is 15.4 Å². The first-order chi connectivity index (χ1) is 12.5. The van der Waals surface area contributed by atoms with Crippen LogP contribution in [0.15, 0.2) is 48.5 Å². The first kappa shape index (κ1) is 17.7. The number of rotatable bonds is 6. The van der Waals surface area contributed by atoms with Crippen molar-refractivity contribution in [2.45, 2.75) is 13.3 Å². The summed E-state index contributed by atoms with van der Waals surface area (Å²) >= 11 is 0. The molecule has 26 heavy (non-hydrogen) atoms. The molecule has 0 radical (unpaired) electrons. The summed E-state index contributed by atoms with van der Waals surface area (Å²) in [6.45, 7) is 1.47. The van der Waals surface area contributed by atoms with E-state index in [4.69, 9.17) is 4.74 Å². The third-order valence-electron chi connectivity index (χ3n) is 4.36. The van der Waals surface area contributed by atoms with Gasteiger partial charge in [0.15, 0.2) is 5.78 Å². The van der Waals surface area contributed by atoms with Gasteiger partial charge in [0.25, 0.3) is 0 Å². The molecule has 0 spiro atoms. The predicted molar refractivity (Wildman–Crippen MR) is 98.3 cm³/mol. The Balaban J connectivity index is 1.55. The number of ketones is 1. The van der Waals surface area contributed by atoms with Gasteiger partial charge in [-0.3, -0.25) is 14.4 Å². The van der Waals surface area contributed by atoms with Gasteiger partial charge in [0.05, 0.1) is 18.9 Å². The lowest BCUT2D eigenvalue weighted by Gasteiger charge is -2.07. The number of amides is 2. The van der Waals surface area contributed by atoms with Gasteiger partial charge in [-0.05, 0) is 49.7 Å². The molecule has 2 N–H and O–H groups in total. The van der Waals surface area contributed by atoms with E-state index < -0.39 is 0 Å². The van der Waals surface area contributed by atoms with Crippen LogP contribution in [0.25, 0.3) is 0 Å². The topological polar surface area (TPSA) is 84.5 Å². The number of carbonyl (C=O) groups excluding carboxylic acids is 3. The summed E-state index contributed by atoms with van der Waals surface area (Å²) in [5, 5.41) is 5.58. The minimum atomic E-state index is -0.353. The number of anilines is 2. The van der Waals surface area contributed by atoms with Crippen molar-refractivity contribution in [3.8, 4) is 5.75 Å². The maximum absolute atomic E-state index is 12.3. The molecule has 6 nitrogen and oxygen atoms in total. The van der Waals surface area contributed by atoms with Crippen LogP contribution >= 0.6 is 0 Å². The van der Waals surface area contributed by atoms with Crippen LogP contribution in [0.4, 0.5) is 11.4 Å². The molecule has 2 aromatic rings. The van der Waals surface area contributed by atoms with E-state index in [-0.39, 0.29) is 29.4 Å². The van der Waals surface area contributed by atoms with Crippen LogP contribution in [0, 0.1) is 11.8 Å². The van der Waals surface area contributed by atoms with Crippen molar-refractivity contribution in [1.29, 1.82) is 0 Å². The second kappa shape index (κ2) is 7.39. The first-order valence-corrected chi connectivity index (χ1v) is 8.34. The third kappa shape index (κ3) is 4.08.